The van der Waals surface area contributed by atoms with Crippen LogP contribution in [0.1, 0.15) is 51.8 Å². The molecular formula is C36H32N4O. The molecule has 0 saturated heterocycles. The van der Waals surface area contributed by atoms with Gasteiger partial charge in [-0.15, -0.1) is 0 Å². The molecule has 4 aromatic heterocycles. The van der Waals surface area contributed by atoms with Gasteiger partial charge < -0.3 is 4.42 Å². The molecule has 0 bridgehead atoms. The Kier molecular flexibility index (Phi) is 5.79. The Bertz CT molecular complexity index is 2040. The van der Waals surface area contributed by atoms with Gasteiger partial charge in [-0.05, 0) is 52.9 Å². The van der Waals surface area contributed by atoms with Crippen molar-refractivity contribution in [1.29, 1.82) is 0 Å². The first-order valence-electron chi connectivity index (χ1n) is 14.1. The molecule has 0 N–H and O–H groups in total. The minimum Gasteiger partial charge on any atom is -0.437 e. The summed E-state index contributed by atoms with van der Waals surface area (Å²) in [4.78, 5) is 14.6. The van der Waals surface area contributed by atoms with E-state index >= 15 is 0 Å². The SMILES string of the molecule is CC(C)c1cncc2nc(-c3cccc4c3oc3nc(C(C)(C)C)ccc34)n(-c3ccc(-c4ccccc4)cc3)c12. The summed E-state index contributed by atoms with van der Waals surface area (Å²) < 4.78 is 8.80. The number of rotatable bonds is 4. The number of para-hydroxylation sites is 1. The van der Waals surface area contributed by atoms with Gasteiger partial charge in [0.2, 0.25) is 5.71 Å². The van der Waals surface area contributed by atoms with E-state index in [9.17, 15) is 0 Å². The Morgan fingerprint density at radius 3 is 2.22 bits per heavy atom. The number of nitrogens with zero attached hydrogens (tertiary/aromatic N) is 4. The second-order valence-corrected chi connectivity index (χ2v) is 12.0. The summed E-state index contributed by atoms with van der Waals surface area (Å²) >= 11 is 0. The van der Waals surface area contributed by atoms with E-state index in [-0.39, 0.29) is 11.3 Å². The lowest BCUT2D eigenvalue weighted by atomic mass is 9.91. The maximum atomic E-state index is 6.54. The summed E-state index contributed by atoms with van der Waals surface area (Å²) in [7, 11) is 0. The van der Waals surface area contributed by atoms with Gasteiger partial charge >= 0.3 is 0 Å². The van der Waals surface area contributed by atoms with E-state index in [0.717, 1.165) is 55.7 Å². The molecule has 7 aromatic rings. The topological polar surface area (TPSA) is 56.7 Å². The molecule has 0 spiro atoms. The first kappa shape index (κ1) is 25.2. The first-order valence-corrected chi connectivity index (χ1v) is 14.1. The van der Waals surface area contributed by atoms with Crippen LogP contribution in [0.4, 0.5) is 0 Å². The largest absolute Gasteiger partial charge is 0.437 e. The van der Waals surface area contributed by atoms with Crippen molar-refractivity contribution in [3.63, 3.8) is 0 Å². The third-order valence-electron chi connectivity index (χ3n) is 7.82. The van der Waals surface area contributed by atoms with Gasteiger partial charge in [0.25, 0.3) is 0 Å². The quantitative estimate of drug-likeness (QED) is 0.225. The molecule has 5 nitrogen and oxygen atoms in total. The lowest BCUT2D eigenvalue weighted by Crippen LogP contribution is -2.12. The number of benzene rings is 3. The van der Waals surface area contributed by atoms with Crippen molar-refractivity contribution >= 4 is 33.1 Å². The van der Waals surface area contributed by atoms with E-state index in [1.807, 2.05) is 18.5 Å². The molecular weight excluding hydrogens is 504 g/mol. The highest BCUT2D eigenvalue weighted by Gasteiger charge is 2.23. The van der Waals surface area contributed by atoms with Gasteiger partial charge in [-0.25, -0.2) is 9.97 Å². The minimum atomic E-state index is -0.0733. The van der Waals surface area contributed by atoms with E-state index in [1.165, 1.54) is 11.1 Å². The zero-order valence-electron chi connectivity index (χ0n) is 24.0. The zero-order valence-corrected chi connectivity index (χ0v) is 24.0. The second-order valence-electron chi connectivity index (χ2n) is 12.0. The normalized spacial score (nSPS) is 12.2. The maximum absolute atomic E-state index is 6.54. The van der Waals surface area contributed by atoms with Crippen LogP contribution in [0.25, 0.3) is 61.3 Å². The van der Waals surface area contributed by atoms with Crippen LogP contribution in [-0.4, -0.2) is 19.5 Å². The van der Waals surface area contributed by atoms with Gasteiger partial charge in [0, 0.05) is 33.8 Å². The molecule has 0 radical (unpaired) electrons. The van der Waals surface area contributed by atoms with Crippen LogP contribution in [0, 0.1) is 0 Å². The number of hydrogen-bond acceptors (Lipinski definition) is 4. The molecule has 0 fully saturated rings. The number of aromatic nitrogens is 4. The van der Waals surface area contributed by atoms with Gasteiger partial charge in [-0.2, -0.15) is 0 Å². The van der Waals surface area contributed by atoms with Crippen LogP contribution in [0.3, 0.4) is 0 Å². The van der Waals surface area contributed by atoms with Crippen molar-refractivity contribution in [1.82, 2.24) is 19.5 Å². The van der Waals surface area contributed by atoms with Gasteiger partial charge in [0.05, 0.1) is 17.3 Å². The van der Waals surface area contributed by atoms with Gasteiger partial charge in [-0.1, -0.05) is 89.2 Å². The van der Waals surface area contributed by atoms with Gasteiger partial charge in [-0.3, -0.25) is 9.55 Å². The maximum Gasteiger partial charge on any atom is 0.227 e. The Hall–Kier alpha value is -4.77. The highest BCUT2D eigenvalue weighted by molar-refractivity contribution is 6.08. The number of imidazole rings is 1. The fourth-order valence-electron chi connectivity index (χ4n) is 5.61. The van der Waals surface area contributed by atoms with Crippen LogP contribution in [0.2, 0.25) is 0 Å². The van der Waals surface area contributed by atoms with Gasteiger partial charge in [0.15, 0.2) is 0 Å². The zero-order chi connectivity index (χ0) is 28.3. The number of pyridine rings is 2. The van der Waals surface area contributed by atoms with Crippen molar-refractivity contribution in [3.8, 4) is 28.2 Å². The third kappa shape index (κ3) is 4.20. The Morgan fingerprint density at radius 1 is 0.732 bits per heavy atom. The molecule has 41 heavy (non-hydrogen) atoms. The average Bonchev–Trinajstić information content (AvgIpc) is 3.55. The van der Waals surface area contributed by atoms with E-state index in [2.05, 4.69) is 123 Å². The van der Waals surface area contributed by atoms with E-state index in [1.54, 1.807) is 0 Å². The standard InChI is InChI=1S/C36H32N4O/c1-22(2)29-20-37-21-30-32(29)40(25-16-14-24(15-17-25)23-10-7-6-8-11-23)34(38-30)28-13-9-12-26-27-18-19-31(36(3,4)5)39-35(27)41-33(26)28/h6-22H,1-5H3. The van der Waals surface area contributed by atoms with Crippen molar-refractivity contribution in [2.45, 2.75) is 46.0 Å². The molecule has 3 aromatic carbocycles. The van der Waals surface area contributed by atoms with Gasteiger partial charge in [0.1, 0.15) is 16.9 Å². The molecule has 0 amide bonds. The van der Waals surface area contributed by atoms with E-state index in [4.69, 9.17) is 14.4 Å². The molecule has 0 unspecified atom stereocenters. The summed E-state index contributed by atoms with van der Waals surface area (Å²) in [5.41, 5.74) is 9.78. The Balaban J connectivity index is 1.49. The summed E-state index contributed by atoms with van der Waals surface area (Å²) in [6.07, 6.45) is 3.82. The van der Waals surface area contributed by atoms with Crippen LogP contribution in [0.15, 0.2) is 102 Å². The lowest BCUT2D eigenvalue weighted by molar-refractivity contribution is 0.562. The summed E-state index contributed by atoms with van der Waals surface area (Å²) in [6.45, 7) is 10.9. The predicted octanol–water partition coefficient (Wildman–Crippen LogP) is 9.47. The van der Waals surface area contributed by atoms with E-state index in [0.29, 0.717) is 5.71 Å². The smallest absolute Gasteiger partial charge is 0.227 e. The van der Waals surface area contributed by atoms with Crippen molar-refractivity contribution < 1.29 is 4.42 Å². The molecule has 0 saturated carbocycles. The molecule has 7 rings (SSSR count). The van der Waals surface area contributed by atoms with Crippen LogP contribution in [-0.2, 0) is 5.41 Å². The highest BCUT2D eigenvalue weighted by atomic mass is 16.3. The van der Waals surface area contributed by atoms with E-state index < -0.39 is 0 Å². The fraction of sp³-hybridized carbons (Fsp3) is 0.194. The molecule has 0 atom stereocenters. The average molecular weight is 537 g/mol. The minimum absolute atomic E-state index is 0.0733. The molecule has 5 heteroatoms. The Labute approximate surface area is 239 Å². The van der Waals surface area contributed by atoms with Crippen molar-refractivity contribution in [3.05, 3.63) is 109 Å². The van der Waals surface area contributed by atoms with Crippen LogP contribution >= 0.6 is 0 Å². The molecule has 202 valence electrons. The molecule has 0 aliphatic carbocycles. The number of fused-ring (bicyclic) bond motifs is 4. The van der Waals surface area contributed by atoms with Crippen LogP contribution < -0.4 is 0 Å². The summed E-state index contributed by atoms with van der Waals surface area (Å²) in [6, 6.07) is 29.7. The first-order chi connectivity index (χ1) is 19.8. The summed E-state index contributed by atoms with van der Waals surface area (Å²) in [5.74, 6) is 1.10. The molecule has 4 heterocycles. The Morgan fingerprint density at radius 2 is 1.49 bits per heavy atom. The molecule has 0 aliphatic rings. The van der Waals surface area contributed by atoms with Crippen molar-refractivity contribution in [2.75, 3.05) is 0 Å². The predicted molar refractivity (Wildman–Crippen MR) is 168 cm³/mol. The summed E-state index contributed by atoms with van der Waals surface area (Å²) in [5, 5.41) is 2.04. The highest BCUT2D eigenvalue weighted by Crippen LogP contribution is 2.39. The fourth-order valence-corrected chi connectivity index (χ4v) is 5.61. The molecule has 0 aliphatic heterocycles. The number of hydrogen-bond donors (Lipinski definition) is 0. The lowest BCUT2D eigenvalue weighted by Gasteiger charge is -2.16. The van der Waals surface area contributed by atoms with Crippen LogP contribution in [0.5, 0.6) is 0 Å². The van der Waals surface area contributed by atoms with Crippen molar-refractivity contribution in [2.24, 2.45) is 0 Å². The third-order valence-corrected chi connectivity index (χ3v) is 7.82. The second kappa shape index (κ2) is 9.41. The monoisotopic (exact) mass is 536 g/mol. The number of furan rings is 1.